The molecule has 94 valence electrons. The van der Waals surface area contributed by atoms with Crippen LogP contribution in [0.5, 0.6) is 0 Å². The molecule has 1 unspecified atom stereocenters. The minimum absolute atomic E-state index is 0.0765. The number of likely N-dealkylation sites (tertiary alicyclic amines) is 1. The largest absolute Gasteiger partial charge is 0.481 e. The van der Waals surface area contributed by atoms with Crippen molar-refractivity contribution in [1.29, 1.82) is 0 Å². The maximum absolute atomic E-state index is 10.8. The lowest BCUT2D eigenvalue weighted by molar-refractivity contribution is -0.141. The summed E-state index contributed by atoms with van der Waals surface area (Å²) in [6, 6.07) is 0. The molecule has 17 heavy (non-hydrogen) atoms. The van der Waals surface area contributed by atoms with Gasteiger partial charge in [-0.3, -0.25) is 14.6 Å². The van der Waals surface area contributed by atoms with Crippen LogP contribution in [0.3, 0.4) is 0 Å². The summed E-state index contributed by atoms with van der Waals surface area (Å²) in [7, 11) is 3.35. The second-order valence-corrected chi connectivity index (χ2v) is 3.54. The number of carbonyl (C=O) groups is 2. The zero-order chi connectivity index (χ0) is 13.3. The third-order valence-electron chi connectivity index (χ3n) is 2.17. The van der Waals surface area contributed by atoms with Crippen molar-refractivity contribution in [3.8, 4) is 0 Å². The Morgan fingerprint density at radius 1 is 1.59 bits per heavy atom. The Kier molecular flexibility index (Phi) is 7.34. The Bertz CT molecular complexity index is 335. The van der Waals surface area contributed by atoms with Crippen molar-refractivity contribution in [3.63, 3.8) is 0 Å². The molecule has 1 amide bonds. The van der Waals surface area contributed by atoms with Crippen molar-refractivity contribution in [2.75, 3.05) is 20.6 Å². The number of carboxylic acid groups (broad SMARTS) is 1. The molecule has 0 aliphatic carbocycles. The summed E-state index contributed by atoms with van der Waals surface area (Å²) in [5, 5.41) is 8.47. The van der Waals surface area contributed by atoms with Crippen LogP contribution in [0.25, 0.3) is 0 Å². The molecular formula is C12H18N2O3. The third kappa shape index (κ3) is 6.29. The van der Waals surface area contributed by atoms with Crippen molar-refractivity contribution in [1.82, 2.24) is 4.90 Å². The molecule has 1 heterocycles. The SMILES string of the molecule is C=C/C=C\C=NC.CN1CC(C(=O)O)CC1=O. The summed E-state index contributed by atoms with van der Waals surface area (Å²) < 4.78 is 0. The molecule has 1 rings (SSSR count). The number of carboxylic acids is 1. The molecule has 0 bridgehead atoms. The number of hydrogen-bond donors (Lipinski definition) is 1. The average molecular weight is 238 g/mol. The van der Waals surface area contributed by atoms with Gasteiger partial charge in [0.05, 0.1) is 5.92 Å². The van der Waals surface area contributed by atoms with Crippen molar-refractivity contribution < 1.29 is 14.7 Å². The number of carbonyl (C=O) groups excluding carboxylic acids is 1. The van der Waals surface area contributed by atoms with E-state index in [4.69, 9.17) is 5.11 Å². The van der Waals surface area contributed by atoms with Gasteiger partial charge >= 0.3 is 5.97 Å². The van der Waals surface area contributed by atoms with Gasteiger partial charge in [0.25, 0.3) is 0 Å². The van der Waals surface area contributed by atoms with Crippen LogP contribution in [0.1, 0.15) is 6.42 Å². The van der Waals surface area contributed by atoms with Crippen LogP contribution < -0.4 is 0 Å². The van der Waals surface area contributed by atoms with Crippen LogP contribution in [-0.2, 0) is 9.59 Å². The second-order valence-electron chi connectivity index (χ2n) is 3.54. The molecule has 1 aliphatic heterocycles. The zero-order valence-electron chi connectivity index (χ0n) is 10.2. The number of nitrogens with zero attached hydrogens (tertiary/aromatic N) is 2. The second kappa shape index (κ2) is 8.27. The van der Waals surface area contributed by atoms with Gasteiger partial charge < -0.3 is 10.0 Å². The molecule has 5 nitrogen and oxygen atoms in total. The summed E-state index contributed by atoms with van der Waals surface area (Å²) >= 11 is 0. The Labute approximate surface area is 101 Å². The van der Waals surface area contributed by atoms with Crippen LogP contribution >= 0.6 is 0 Å². The van der Waals surface area contributed by atoms with Crippen molar-refractivity contribution in [2.45, 2.75) is 6.42 Å². The van der Waals surface area contributed by atoms with Crippen molar-refractivity contribution in [2.24, 2.45) is 10.9 Å². The first-order valence-corrected chi connectivity index (χ1v) is 5.19. The van der Waals surface area contributed by atoms with E-state index < -0.39 is 11.9 Å². The zero-order valence-corrected chi connectivity index (χ0v) is 10.2. The normalized spacial score (nSPS) is 19.5. The first-order chi connectivity index (χ1) is 8.02. The molecule has 0 radical (unpaired) electrons. The van der Waals surface area contributed by atoms with E-state index in [1.807, 2.05) is 12.2 Å². The number of hydrogen-bond acceptors (Lipinski definition) is 3. The quantitative estimate of drug-likeness (QED) is 0.588. The smallest absolute Gasteiger partial charge is 0.308 e. The summed E-state index contributed by atoms with van der Waals surface area (Å²) in [5.74, 6) is -1.44. The first kappa shape index (κ1) is 15.1. The van der Waals surface area contributed by atoms with Crippen LogP contribution in [0.4, 0.5) is 0 Å². The van der Waals surface area contributed by atoms with Gasteiger partial charge in [0.2, 0.25) is 5.91 Å². The van der Waals surface area contributed by atoms with E-state index in [1.54, 1.807) is 26.4 Å². The molecule has 1 atom stereocenters. The Morgan fingerprint density at radius 2 is 2.24 bits per heavy atom. The molecule has 0 spiro atoms. The predicted octanol–water partition coefficient (Wildman–Crippen LogP) is 0.979. The molecule has 1 N–H and O–H groups in total. The van der Waals surface area contributed by atoms with Gasteiger partial charge in [-0.1, -0.05) is 18.7 Å². The number of allylic oxidation sites excluding steroid dienone is 3. The molecule has 5 heteroatoms. The highest BCUT2D eigenvalue weighted by Gasteiger charge is 2.31. The van der Waals surface area contributed by atoms with Gasteiger partial charge in [0.15, 0.2) is 0 Å². The monoisotopic (exact) mass is 238 g/mol. The van der Waals surface area contributed by atoms with E-state index in [1.165, 1.54) is 4.90 Å². The van der Waals surface area contributed by atoms with Gasteiger partial charge in [-0.25, -0.2) is 0 Å². The van der Waals surface area contributed by atoms with E-state index in [0.29, 0.717) is 6.54 Å². The van der Waals surface area contributed by atoms with Gasteiger partial charge in [0, 0.05) is 33.3 Å². The van der Waals surface area contributed by atoms with Crippen molar-refractivity contribution >= 4 is 18.1 Å². The van der Waals surface area contributed by atoms with E-state index >= 15 is 0 Å². The van der Waals surface area contributed by atoms with E-state index in [9.17, 15) is 9.59 Å². The molecular weight excluding hydrogens is 220 g/mol. The van der Waals surface area contributed by atoms with Gasteiger partial charge in [-0.2, -0.15) is 0 Å². The van der Waals surface area contributed by atoms with Gasteiger partial charge in [0.1, 0.15) is 0 Å². The topological polar surface area (TPSA) is 70.0 Å². The number of aliphatic carboxylic acids is 1. The fraction of sp³-hybridized carbons (Fsp3) is 0.417. The first-order valence-electron chi connectivity index (χ1n) is 5.19. The fourth-order valence-corrected chi connectivity index (χ4v) is 1.24. The predicted molar refractivity (Wildman–Crippen MR) is 67.1 cm³/mol. The van der Waals surface area contributed by atoms with Crippen LogP contribution in [0, 0.1) is 5.92 Å². The van der Waals surface area contributed by atoms with E-state index in [2.05, 4.69) is 11.6 Å². The van der Waals surface area contributed by atoms with Gasteiger partial charge in [-0.15, -0.1) is 0 Å². The third-order valence-corrected chi connectivity index (χ3v) is 2.17. The van der Waals surface area contributed by atoms with E-state index in [-0.39, 0.29) is 12.3 Å². The highest BCUT2D eigenvalue weighted by Crippen LogP contribution is 2.15. The number of rotatable bonds is 3. The standard InChI is InChI=1S/C6H9NO3.C6H9N/c1-7-3-4(6(9)10)2-5(7)8;1-3-4-5-6-7-2/h4H,2-3H2,1H3,(H,9,10);3-6H,1H2,2H3/b;5-4-,7-6?. The molecule has 1 saturated heterocycles. The Balaban J connectivity index is 0.000000325. The van der Waals surface area contributed by atoms with Crippen LogP contribution in [-0.4, -0.2) is 48.7 Å². The minimum atomic E-state index is -0.877. The minimum Gasteiger partial charge on any atom is -0.481 e. The molecule has 1 fully saturated rings. The highest BCUT2D eigenvalue weighted by molar-refractivity contribution is 5.85. The lowest BCUT2D eigenvalue weighted by Gasteiger charge is -2.05. The molecule has 0 aromatic rings. The maximum atomic E-state index is 10.8. The van der Waals surface area contributed by atoms with E-state index in [0.717, 1.165) is 0 Å². The van der Waals surface area contributed by atoms with Crippen LogP contribution in [0.15, 0.2) is 29.8 Å². The summed E-state index contributed by atoms with van der Waals surface area (Å²) in [6.07, 6.45) is 7.23. The lowest BCUT2D eigenvalue weighted by Crippen LogP contribution is -2.20. The molecule has 0 aromatic heterocycles. The average Bonchev–Trinajstić information content (AvgIpc) is 2.61. The number of amides is 1. The van der Waals surface area contributed by atoms with Crippen molar-refractivity contribution in [3.05, 3.63) is 24.8 Å². The number of aliphatic imine (C=N–C) groups is 1. The van der Waals surface area contributed by atoms with Crippen LogP contribution in [0.2, 0.25) is 0 Å². The highest BCUT2D eigenvalue weighted by atomic mass is 16.4. The lowest BCUT2D eigenvalue weighted by atomic mass is 10.1. The molecule has 1 aliphatic rings. The molecule has 0 saturated carbocycles. The summed E-state index contributed by atoms with van der Waals surface area (Å²) in [6.45, 7) is 3.84. The Morgan fingerprint density at radius 3 is 2.53 bits per heavy atom. The summed E-state index contributed by atoms with van der Waals surface area (Å²) in [4.78, 5) is 26.2. The summed E-state index contributed by atoms with van der Waals surface area (Å²) in [5.41, 5.74) is 0. The fourth-order valence-electron chi connectivity index (χ4n) is 1.24. The van der Waals surface area contributed by atoms with Gasteiger partial charge in [-0.05, 0) is 6.08 Å². The Hall–Kier alpha value is -1.91. The maximum Gasteiger partial charge on any atom is 0.308 e. The molecule has 0 aromatic carbocycles.